The van der Waals surface area contributed by atoms with Gasteiger partial charge in [-0.15, -0.1) is 0 Å². The van der Waals surface area contributed by atoms with Crippen LogP contribution in [0.25, 0.3) is 10.9 Å². The number of hydrogen-bond acceptors (Lipinski definition) is 6. The van der Waals surface area contributed by atoms with Crippen molar-refractivity contribution in [2.24, 2.45) is 0 Å². The molecule has 0 unspecified atom stereocenters. The highest BCUT2D eigenvalue weighted by molar-refractivity contribution is 5.89. The fourth-order valence-electron chi connectivity index (χ4n) is 3.83. The molecule has 0 atom stereocenters. The number of halogens is 2. The van der Waals surface area contributed by atoms with Crippen LogP contribution in [0.3, 0.4) is 0 Å². The molecule has 1 aliphatic carbocycles. The Balaban J connectivity index is 0.000000196. The molecule has 166 valence electrons. The number of amides is 1. The van der Waals surface area contributed by atoms with Gasteiger partial charge in [0.25, 0.3) is 5.91 Å². The summed E-state index contributed by atoms with van der Waals surface area (Å²) in [6.07, 6.45) is 7.88. The third kappa shape index (κ3) is 6.31. The molecule has 1 aromatic carbocycles. The van der Waals surface area contributed by atoms with E-state index in [2.05, 4.69) is 26.7 Å². The average Bonchev–Trinajstić information content (AvgIpc) is 2.79. The standard InChI is InChI=1S/C15H16N4.C7H12F2N2O/c16-9-11-6-7-14-13(8-11)15(18-10-17-14)19-12-4-2-1-3-5-12;1-7(8,9)6(12)11-4-2-10-3-5-11/h6-8,10,12H,1-5H2,(H,17,18,19);10H,2-5H2,1H3. The first-order valence-electron chi connectivity index (χ1n) is 10.7. The van der Waals surface area contributed by atoms with Gasteiger partial charge in [0.2, 0.25) is 0 Å². The lowest BCUT2D eigenvalue weighted by atomic mass is 9.95. The van der Waals surface area contributed by atoms with E-state index in [4.69, 9.17) is 5.26 Å². The van der Waals surface area contributed by atoms with Crippen molar-refractivity contribution in [2.45, 2.75) is 51.0 Å². The molecule has 2 N–H and O–H groups in total. The molecule has 9 heteroatoms. The number of anilines is 1. The van der Waals surface area contributed by atoms with E-state index in [9.17, 15) is 13.6 Å². The minimum absolute atomic E-state index is 0.377. The zero-order valence-corrected chi connectivity index (χ0v) is 17.7. The smallest absolute Gasteiger partial charge is 0.322 e. The summed E-state index contributed by atoms with van der Waals surface area (Å²) in [5.74, 6) is -3.44. The monoisotopic (exact) mass is 430 g/mol. The van der Waals surface area contributed by atoms with E-state index in [0.717, 1.165) is 16.7 Å². The SMILES string of the molecule is CC(F)(F)C(=O)N1CCNCC1.N#Cc1ccc2ncnc(NC3CCCCC3)c2c1. The zero-order chi connectivity index (χ0) is 22.3. The maximum Gasteiger partial charge on any atom is 0.322 e. The van der Waals surface area contributed by atoms with Gasteiger partial charge in [-0.25, -0.2) is 9.97 Å². The molecule has 4 rings (SSSR count). The third-order valence-corrected chi connectivity index (χ3v) is 5.49. The van der Waals surface area contributed by atoms with E-state index in [-0.39, 0.29) is 0 Å². The van der Waals surface area contributed by atoms with Crippen LogP contribution in [0.4, 0.5) is 14.6 Å². The molecule has 1 amide bonds. The molecule has 0 radical (unpaired) electrons. The minimum Gasteiger partial charge on any atom is -0.367 e. The minimum atomic E-state index is -3.22. The normalized spacial score (nSPS) is 17.4. The van der Waals surface area contributed by atoms with Crippen LogP contribution in [0.2, 0.25) is 0 Å². The predicted molar refractivity (Wildman–Crippen MR) is 115 cm³/mol. The first-order chi connectivity index (χ1) is 14.9. The second-order valence-corrected chi connectivity index (χ2v) is 7.98. The maximum absolute atomic E-state index is 12.5. The molecular weight excluding hydrogens is 402 g/mol. The topological polar surface area (TPSA) is 93.9 Å². The number of nitriles is 1. The van der Waals surface area contributed by atoms with Crippen molar-refractivity contribution in [1.29, 1.82) is 5.26 Å². The van der Waals surface area contributed by atoms with Gasteiger partial charge in [0.05, 0.1) is 17.1 Å². The van der Waals surface area contributed by atoms with Gasteiger partial charge >= 0.3 is 5.92 Å². The molecule has 0 bridgehead atoms. The lowest BCUT2D eigenvalue weighted by Crippen LogP contribution is -2.51. The number of hydrogen-bond donors (Lipinski definition) is 2. The first-order valence-corrected chi connectivity index (χ1v) is 10.7. The second kappa shape index (κ2) is 10.4. The summed E-state index contributed by atoms with van der Waals surface area (Å²) in [7, 11) is 0. The summed E-state index contributed by atoms with van der Waals surface area (Å²) < 4.78 is 25.0. The number of rotatable bonds is 3. The van der Waals surface area contributed by atoms with Gasteiger partial charge in [0.15, 0.2) is 0 Å². The number of fused-ring (bicyclic) bond motifs is 1. The number of nitrogens with one attached hydrogen (secondary N) is 2. The highest BCUT2D eigenvalue weighted by atomic mass is 19.3. The van der Waals surface area contributed by atoms with Gasteiger partial charge in [0, 0.05) is 44.5 Å². The van der Waals surface area contributed by atoms with Crippen LogP contribution in [0, 0.1) is 11.3 Å². The number of carbonyl (C=O) groups excluding carboxylic acids is 1. The van der Waals surface area contributed by atoms with E-state index in [1.54, 1.807) is 12.4 Å². The van der Waals surface area contributed by atoms with Crippen molar-refractivity contribution in [2.75, 3.05) is 31.5 Å². The predicted octanol–water partition coefficient (Wildman–Crippen LogP) is 3.32. The van der Waals surface area contributed by atoms with Gasteiger partial charge in [-0.1, -0.05) is 19.3 Å². The number of alkyl halides is 2. The van der Waals surface area contributed by atoms with Crippen LogP contribution in [0.15, 0.2) is 24.5 Å². The molecule has 2 fully saturated rings. The van der Waals surface area contributed by atoms with E-state index < -0.39 is 11.8 Å². The molecule has 1 saturated heterocycles. The Hall–Kier alpha value is -2.86. The molecule has 1 aromatic heterocycles. The Labute approximate surface area is 180 Å². The molecule has 2 heterocycles. The average molecular weight is 431 g/mol. The van der Waals surface area contributed by atoms with Crippen molar-refractivity contribution in [3.05, 3.63) is 30.1 Å². The first kappa shape index (κ1) is 22.8. The third-order valence-electron chi connectivity index (χ3n) is 5.49. The number of piperazine rings is 1. The van der Waals surface area contributed by atoms with Crippen LogP contribution in [0.1, 0.15) is 44.6 Å². The van der Waals surface area contributed by atoms with E-state index in [0.29, 0.717) is 44.7 Å². The Morgan fingerprint density at radius 3 is 2.58 bits per heavy atom. The van der Waals surface area contributed by atoms with Crippen molar-refractivity contribution in [1.82, 2.24) is 20.2 Å². The summed E-state index contributed by atoms with van der Waals surface area (Å²) in [4.78, 5) is 20.8. The van der Waals surface area contributed by atoms with Crippen LogP contribution in [-0.2, 0) is 4.79 Å². The van der Waals surface area contributed by atoms with Crippen LogP contribution < -0.4 is 10.6 Å². The van der Waals surface area contributed by atoms with Gasteiger partial charge in [0.1, 0.15) is 12.1 Å². The molecule has 2 aliphatic rings. The van der Waals surface area contributed by atoms with Crippen molar-refractivity contribution < 1.29 is 13.6 Å². The van der Waals surface area contributed by atoms with Crippen molar-refractivity contribution >= 4 is 22.6 Å². The Kier molecular flexibility index (Phi) is 7.69. The molecule has 2 aromatic rings. The number of aromatic nitrogens is 2. The molecular formula is C22H28F2N6O. The van der Waals surface area contributed by atoms with E-state index in [1.807, 2.05) is 12.1 Å². The van der Waals surface area contributed by atoms with E-state index >= 15 is 0 Å². The van der Waals surface area contributed by atoms with E-state index in [1.165, 1.54) is 37.0 Å². The molecule has 1 saturated carbocycles. The summed E-state index contributed by atoms with van der Waals surface area (Å²) in [6.45, 7) is 2.59. The fourth-order valence-corrected chi connectivity index (χ4v) is 3.83. The summed E-state index contributed by atoms with van der Waals surface area (Å²) in [5.41, 5.74) is 1.53. The van der Waals surface area contributed by atoms with Crippen LogP contribution in [-0.4, -0.2) is 58.9 Å². The Morgan fingerprint density at radius 1 is 1.23 bits per heavy atom. The lowest BCUT2D eigenvalue weighted by molar-refractivity contribution is -0.155. The van der Waals surface area contributed by atoms with Gasteiger partial charge in [-0.05, 0) is 31.0 Å². The molecule has 31 heavy (non-hydrogen) atoms. The fraction of sp³-hybridized carbons (Fsp3) is 0.545. The Bertz CT molecular complexity index is 928. The lowest BCUT2D eigenvalue weighted by Gasteiger charge is -2.29. The van der Waals surface area contributed by atoms with Crippen LogP contribution in [0.5, 0.6) is 0 Å². The number of nitrogens with zero attached hydrogens (tertiary/aromatic N) is 4. The highest BCUT2D eigenvalue weighted by Gasteiger charge is 2.36. The highest BCUT2D eigenvalue weighted by Crippen LogP contribution is 2.25. The Morgan fingerprint density at radius 2 is 1.94 bits per heavy atom. The summed E-state index contributed by atoms with van der Waals surface area (Å²) >= 11 is 0. The van der Waals surface area contributed by atoms with Crippen molar-refractivity contribution in [3.63, 3.8) is 0 Å². The van der Waals surface area contributed by atoms with Crippen molar-refractivity contribution in [3.8, 4) is 6.07 Å². The van der Waals surface area contributed by atoms with Gasteiger partial charge in [-0.2, -0.15) is 14.0 Å². The van der Waals surface area contributed by atoms with Crippen LogP contribution >= 0.6 is 0 Å². The summed E-state index contributed by atoms with van der Waals surface area (Å²) in [5, 5.41) is 16.4. The quantitative estimate of drug-likeness (QED) is 0.776. The van der Waals surface area contributed by atoms with Gasteiger partial charge in [-0.3, -0.25) is 4.79 Å². The molecule has 0 spiro atoms. The molecule has 1 aliphatic heterocycles. The second-order valence-electron chi connectivity index (χ2n) is 7.98. The number of benzene rings is 1. The maximum atomic E-state index is 12.5. The zero-order valence-electron chi connectivity index (χ0n) is 17.7. The largest absolute Gasteiger partial charge is 0.367 e. The summed E-state index contributed by atoms with van der Waals surface area (Å²) in [6, 6.07) is 8.19. The number of carbonyl (C=O) groups is 1. The van der Waals surface area contributed by atoms with Gasteiger partial charge < -0.3 is 15.5 Å². The molecule has 7 nitrogen and oxygen atoms in total.